The summed E-state index contributed by atoms with van der Waals surface area (Å²) in [4.78, 5) is 2.43. The molecule has 4 heteroatoms. The topological polar surface area (TPSA) is 47.7 Å². The molecule has 0 saturated carbocycles. The molecule has 0 aromatic rings. The van der Waals surface area contributed by atoms with Crippen LogP contribution in [0.4, 0.5) is 0 Å². The minimum atomic E-state index is 0.0870. The normalized spacial score (nSPS) is 30.7. The average molecular weight is 242 g/mol. The second-order valence-corrected chi connectivity index (χ2v) is 5.54. The molecule has 0 radical (unpaired) electrons. The number of likely N-dealkylation sites (N-methyl/N-ethyl adjacent to an activating group) is 1. The molecule has 2 aliphatic heterocycles. The molecule has 2 N–H and O–H groups in total. The number of hydrogen-bond acceptors (Lipinski definition) is 4. The van der Waals surface area contributed by atoms with Gasteiger partial charge < -0.3 is 15.2 Å². The van der Waals surface area contributed by atoms with Crippen LogP contribution in [0.2, 0.25) is 0 Å². The number of nitrogens with zero attached hydrogens (tertiary/aromatic N) is 1. The second kappa shape index (κ2) is 5.65. The highest BCUT2D eigenvalue weighted by atomic mass is 16.5. The number of rotatable bonds is 3. The fourth-order valence-electron chi connectivity index (χ4n) is 2.97. The van der Waals surface area contributed by atoms with Crippen molar-refractivity contribution in [2.75, 3.05) is 33.4 Å². The van der Waals surface area contributed by atoms with Crippen molar-refractivity contribution in [2.24, 2.45) is 5.73 Å². The Balaban J connectivity index is 1.96. The van der Waals surface area contributed by atoms with E-state index in [0.29, 0.717) is 12.1 Å². The van der Waals surface area contributed by atoms with Crippen molar-refractivity contribution in [1.29, 1.82) is 0 Å². The van der Waals surface area contributed by atoms with E-state index in [2.05, 4.69) is 18.9 Å². The van der Waals surface area contributed by atoms with E-state index in [-0.39, 0.29) is 5.60 Å². The van der Waals surface area contributed by atoms with E-state index in [1.54, 1.807) is 0 Å². The minimum Gasteiger partial charge on any atom is -0.381 e. The molecule has 2 atom stereocenters. The highest BCUT2D eigenvalue weighted by molar-refractivity contribution is 4.92. The summed E-state index contributed by atoms with van der Waals surface area (Å²) in [6.45, 7) is 5.51. The van der Waals surface area contributed by atoms with Crippen LogP contribution in [0.15, 0.2) is 0 Å². The molecule has 2 fully saturated rings. The molecule has 1 spiro atoms. The molecule has 0 aliphatic carbocycles. The summed E-state index contributed by atoms with van der Waals surface area (Å²) in [5.74, 6) is 0. The SMILES string of the molecule is CC(CN)N(C)C1CCOC2(CCOCC2)C1. The summed E-state index contributed by atoms with van der Waals surface area (Å²) >= 11 is 0. The number of ether oxygens (including phenoxy) is 2. The predicted octanol–water partition coefficient (Wildman–Crippen LogP) is 0.994. The maximum atomic E-state index is 6.06. The van der Waals surface area contributed by atoms with E-state index in [4.69, 9.17) is 15.2 Å². The zero-order valence-electron chi connectivity index (χ0n) is 11.2. The van der Waals surface area contributed by atoms with E-state index >= 15 is 0 Å². The van der Waals surface area contributed by atoms with Gasteiger partial charge in [-0.25, -0.2) is 0 Å². The monoisotopic (exact) mass is 242 g/mol. The summed E-state index contributed by atoms with van der Waals surface area (Å²) in [5, 5.41) is 0. The van der Waals surface area contributed by atoms with Crippen LogP contribution in [0.25, 0.3) is 0 Å². The molecule has 2 saturated heterocycles. The molecule has 2 rings (SSSR count). The fraction of sp³-hybridized carbons (Fsp3) is 1.00. The van der Waals surface area contributed by atoms with E-state index in [9.17, 15) is 0 Å². The van der Waals surface area contributed by atoms with E-state index in [1.165, 1.54) is 0 Å². The molecule has 0 bridgehead atoms. The highest BCUT2D eigenvalue weighted by Crippen LogP contribution is 2.36. The van der Waals surface area contributed by atoms with Gasteiger partial charge in [0.1, 0.15) is 0 Å². The molecular formula is C13H26N2O2. The molecular weight excluding hydrogens is 216 g/mol. The van der Waals surface area contributed by atoms with E-state index in [0.717, 1.165) is 52.0 Å². The van der Waals surface area contributed by atoms with Gasteiger partial charge in [-0.3, -0.25) is 4.90 Å². The van der Waals surface area contributed by atoms with Gasteiger partial charge in [-0.2, -0.15) is 0 Å². The standard InChI is InChI=1S/C13H26N2O2/c1-11(10-14)15(2)12-3-6-17-13(9-12)4-7-16-8-5-13/h11-12H,3-10,14H2,1-2H3. The minimum absolute atomic E-state index is 0.0870. The summed E-state index contributed by atoms with van der Waals surface area (Å²) in [6.07, 6.45) is 4.36. The summed E-state index contributed by atoms with van der Waals surface area (Å²) < 4.78 is 11.5. The van der Waals surface area contributed by atoms with E-state index < -0.39 is 0 Å². The fourth-order valence-corrected chi connectivity index (χ4v) is 2.97. The Morgan fingerprint density at radius 1 is 1.35 bits per heavy atom. The number of hydrogen-bond donors (Lipinski definition) is 1. The predicted molar refractivity (Wildman–Crippen MR) is 68.0 cm³/mol. The molecule has 0 aromatic carbocycles. The van der Waals surface area contributed by atoms with Crippen LogP contribution < -0.4 is 5.73 Å². The zero-order valence-corrected chi connectivity index (χ0v) is 11.2. The van der Waals surface area contributed by atoms with Crippen LogP contribution >= 0.6 is 0 Å². The van der Waals surface area contributed by atoms with Crippen molar-refractivity contribution in [2.45, 2.75) is 50.3 Å². The second-order valence-electron chi connectivity index (χ2n) is 5.54. The summed E-state index contributed by atoms with van der Waals surface area (Å²) in [5.41, 5.74) is 5.84. The van der Waals surface area contributed by atoms with Gasteiger partial charge in [0.15, 0.2) is 0 Å². The van der Waals surface area contributed by atoms with Crippen molar-refractivity contribution < 1.29 is 9.47 Å². The van der Waals surface area contributed by atoms with Gasteiger partial charge in [0.2, 0.25) is 0 Å². The first-order valence-electron chi connectivity index (χ1n) is 6.80. The van der Waals surface area contributed by atoms with Crippen molar-refractivity contribution in [3.05, 3.63) is 0 Å². The van der Waals surface area contributed by atoms with Gasteiger partial charge in [0.05, 0.1) is 5.60 Å². The molecule has 2 aliphatic rings. The summed E-state index contributed by atoms with van der Waals surface area (Å²) in [7, 11) is 2.19. The third-order valence-electron chi connectivity index (χ3n) is 4.48. The van der Waals surface area contributed by atoms with Crippen LogP contribution in [0, 0.1) is 0 Å². The third-order valence-corrected chi connectivity index (χ3v) is 4.48. The van der Waals surface area contributed by atoms with Gasteiger partial charge in [-0.05, 0) is 39.7 Å². The molecule has 100 valence electrons. The maximum Gasteiger partial charge on any atom is 0.0741 e. The quantitative estimate of drug-likeness (QED) is 0.802. The Morgan fingerprint density at radius 2 is 2.06 bits per heavy atom. The maximum absolute atomic E-state index is 6.06. The lowest BCUT2D eigenvalue weighted by atomic mass is 9.83. The van der Waals surface area contributed by atoms with Crippen LogP contribution in [0.5, 0.6) is 0 Å². The lowest BCUT2D eigenvalue weighted by Crippen LogP contribution is -2.52. The van der Waals surface area contributed by atoms with E-state index in [1.807, 2.05) is 0 Å². The molecule has 2 unspecified atom stereocenters. The Morgan fingerprint density at radius 3 is 2.71 bits per heavy atom. The zero-order chi connectivity index (χ0) is 12.3. The first-order chi connectivity index (χ1) is 8.17. The third kappa shape index (κ3) is 2.99. The van der Waals surface area contributed by atoms with Crippen molar-refractivity contribution in [3.63, 3.8) is 0 Å². The highest BCUT2D eigenvalue weighted by Gasteiger charge is 2.40. The van der Waals surface area contributed by atoms with Crippen LogP contribution in [0.1, 0.15) is 32.6 Å². The van der Waals surface area contributed by atoms with Crippen LogP contribution in [-0.4, -0.2) is 56.0 Å². The molecule has 2 heterocycles. The Kier molecular flexibility index (Phi) is 4.42. The van der Waals surface area contributed by atoms with Crippen molar-refractivity contribution >= 4 is 0 Å². The largest absolute Gasteiger partial charge is 0.381 e. The Bertz CT molecular complexity index is 236. The average Bonchev–Trinajstić information content (AvgIpc) is 2.38. The molecule has 0 aromatic heterocycles. The first kappa shape index (κ1) is 13.3. The van der Waals surface area contributed by atoms with Gasteiger partial charge in [0, 0.05) is 38.4 Å². The number of nitrogens with two attached hydrogens (primary N) is 1. The van der Waals surface area contributed by atoms with Gasteiger partial charge >= 0.3 is 0 Å². The first-order valence-corrected chi connectivity index (χ1v) is 6.80. The summed E-state index contributed by atoms with van der Waals surface area (Å²) in [6, 6.07) is 1.07. The van der Waals surface area contributed by atoms with Crippen molar-refractivity contribution in [1.82, 2.24) is 4.90 Å². The Labute approximate surface area is 104 Å². The molecule has 4 nitrogen and oxygen atoms in total. The Hall–Kier alpha value is -0.160. The van der Waals surface area contributed by atoms with Gasteiger partial charge in [-0.15, -0.1) is 0 Å². The van der Waals surface area contributed by atoms with Gasteiger partial charge in [0.25, 0.3) is 0 Å². The van der Waals surface area contributed by atoms with Crippen molar-refractivity contribution in [3.8, 4) is 0 Å². The molecule has 17 heavy (non-hydrogen) atoms. The smallest absolute Gasteiger partial charge is 0.0741 e. The van der Waals surface area contributed by atoms with Crippen LogP contribution in [-0.2, 0) is 9.47 Å². The lowest BCUT2D eigenvalue weighted by Gasteiger charge is -2.46. The van der Waals surface area contributed by atoms with Crippen LogP contribution in [0.3, 0.4) is 0 Å². The molecule has 0 amide bonds. The van der Waals surface area contributed by atoms with Gasteiger partial charge in [-0.1, -0.05) is 0 Å². The lowest BCUT2D eigenvalue weighted by molar-refractivity contribution is -0.151.